The Labute approximate surface area is 79.1 Å². The Morgan fingerprint density at radius 3 is 2.77 bits per heavy atom. The summed E-state index contributed by atoms with van der Waals surface area (Å²) < 4.78 is 5.22. The van der Waals surface area contributed by atoms with E-state index in [9.17, 15) is 4.79 Å². The molecular formula is C10H15NO2. The molecule has 1 unspecified atom stereocenters. The smallest absolute Gasteiger partial charge is 0.120 e. The monoisotopic (exact) mass is 181 g/mol. The van der Waals surface area contributed by atoms with Crippen molar-refractivity contribution in [3.8, 4) is 12.3 Å². The van der Waals surface area contributed by atoms with Crippen molar-refractivity contribution in [3.63, 3.8) is 0 Å². The minimum atomic E-state index is 0.106. The first kappa shape index (κ1) is 10.2. The lowest BCUT2D eigenvalue weighted by Gasteiger charge is -2.31. The van der Waals surface area contributed by atoms with E-state index in [1.165, 1.54) is 0 Å². The summed E-state index contributed by atoms with van der Waals surface area (Å²) in [6.07, 6.45) is 7.63. The second-order valence-electron chi connectivity index (χ2n) is 3.07. The summed E-state index contributed by atoms with van der Waals surface area (Å²) in [4.78, 5) is 12.4. The molecule has 0 aromatic rings. The average Bonchev–Trinajstić information content (AvgIpc) is 2.21. The maximum Gasteiger partial charge on any atom is 0.120 e. The molecule has 0 spiro atoms. The molecule has 0 saturated carbocycles. The Kier molecular flexibility index (Phi) is 4.52. The quantitative estimate of drug-likeness (QED) is 0.461. The fraction of sp³-hybridized carbons (Fsp3) is 0.700. The van der Waals surface area contributed by atoms with Gasteiger partial charge >= 0.3 is 0 Å². The second-order valence-corrected chi connectivity index (χ2v) is 3.07. The van der Waals surface area contributed by atoms with Crippen LogP contribution >= 0.6 is 0 Å². The van der Waals surface area contributed by atoms with Crippen molar-refractivity contribution in [2.45, 2.75) is 18.9 Å². The minimum Gasteiger partial charge on any atom is -0.379 e. The van der Waals surface area contributed by atoms with E-state index in [2.05, 4.69) is 10.8 Å². The molecular weight excluding hydrogens is 166 g/mol. The summed E-state index contributed by atoms with van der Waals surface area (Å²) in [6.45, 7) is 3.26. The zero-order valence-corrected chi connectivity index (χ0v) is 7.74. The lowest BCUT2D eigenvalue weighted by atomic mass is 10.1. The Morgan fingerprint density at radius 2 is 2.23 bits per heavy atom. The third-order valence-electron chi connectivity index (χ3n) is 2.24. The Hall–Kier alpha value is -0.850. The molecule has 0 N–H and O–H groups in total. The van der Waals surface area contributed by atoms with Crippen molar-refractivity contribution >= 4 is 6.29 Å². The van der Waals surface area contributed by atoms with Crippen LogP contribution in [-0.4, -0.2) is 43.5 Å². The lowest BCUT2D eigenvalue weighted by Crippen LogP contribution is -2.42. The second kappa shape index (κ2) is 5.74. The number of ether oxygens (including phenoxy) is 1. The number of hydrogen-bond donors (Lipinski definition) is 0. The predicted molar refractivity (Wildman–Crippen MR) is 50.3 cm³/mol. The molecule has 72 valence electrons. The number of rotatable bonds is 4. The van der Waals surface area contributed by atoms with Crippen LogP contribution in [0.2, 0.25) is 0 Å². The third-order valence-corrected chi connectivity index (χ3v) is 2.24. The van der Waals surface area contributed by atoms with Gasteiger partial charge in [-0.15, -0.1) is 6.42 Å². The highest BCUT2D eigenvalue weighted by molar-refractivity contribution is 5.49. The third kappa shape index (κ3) is 3.17. The summed E-state index contributed by atoms with van der Waals surface area (Å²) in [5, 5.41) is 0. The van der Waals surface area contributed by atoms with Gasteiger partial charge in [-0.05, 0) is 6.42 Å². The molecule has 1 aliphatic rings. The molecule has 1 rings (SSSR count). The van der Waals surface area contributed by atoms with E-state index >= 15 is 0 Å². The molecule has 0 bridgehead atoms. The maximum atomic E-state index is 10.2. The molecule has 0 amide bonds. The van der Waals surface area contributed by atoms with Crippen LogP contribution in [0, 0.1) is 12.3 Å². The van der Waals surface area contributed by atoms with Crippen LogP contribution < -0.4 is 0 Å². The molecule has 0 aromatic heterocycles. The highest BCUT2D eigenvalue weighted by Crippen LogP contribution is 2.07. The van der Waals surface area contributed by atoms with Crippen LogP contribution in [0.4, 0.5) is 0 Å². The lowest BCUT2D eigenvalue weighted by molar-refractivity contribution is -0.108. The zero-order valence-electron chi connectivity index (χ0n) is 7.74. The number of carbonyl (C=O) groups excluding carboxylic acids is 1. The Bertz CT molecular complexity index is 192. The standard InChI is InChI=1S/C10H15NO2/c1-2-10(4-3-7-12)11-5-8-13-9-6-11/h1,7,10H,3-6,8-9H2. The SMILES string of the molecule is C#CC(CCC=O)N1CCOCC1. The fourth-order valence-corrected chi connectivity index (χ4v) is 1.49. The molecule has 0 aliphatic carbocycles. The number of morpholine rings is 1. The van der Waals surface area contributed by atoms with Gasteiger partial charge in [0.2, 0.25) is 0 Å². The van der Waals surface area contributed by atoms with E-state index in [-0.39, 0.29) is 6.04 Å². The molecule has 0 radical (unpaired) electrons. The van der Waals surface area contributed by atoms with Gasteiger partial charge in [-0.2, -0.15) is 0 Å². The van der Waals surface area contributed by atoms with E-state index in [1.807, 2.05) is 0 Å². The maximum absolute atomic E-state index is 10.2. The van der Waals surface area contributed by atoms with Gasteiger partial charge in [-0.3, -0.25) is 4.90 Å². The molecule has 13 heavy (non-hydrogen) atoms. The van der Waals surface area contributed by atoms with Crippen molar-refractivity contribution < 1.29 is 9.53 Å². The Balaban J connectivity index is 2.35. The number of aldehydes is 1. The largest absolute Gasteiger partial charge is 0.379 e. The molecule has 0 aromatic carbocycles. The highest BCUT2D eigenvalue weighted by Gasteiger charge is 2.18. The van der Waals surface area contributed by atoms with E-state index < -0.39 is 0 Å². The molecule has 3 nitrogen and oxygen atoms in total. The van der Waals surface area contributed by atoms with E-state index in [0.29, 0.717) is 6.42 Å². The normalized spacial score (nSPS) is 20.5. The van der Waals surface area contributed by atoms with Crippen LogP contribution in [0.3, 0.4) is 0 Å². The van der Waals surface area contributed by atoms with Gasteiger partial charge in [0, 0.05) is 19.5 Å². The first-order valence-corrected chi connectivity index (χ1v) is 4.60. The van der Waals surface area contributed by atoms with Crippen LogP contribution in [-0.2, 0) is 9.53 Å². The molecule has 1 heterocycles. The Morgan fingerprint density at radius 1 is 1.54 bits per heavy atom. The summed E-state index contributed by atoms with van der Waals surface area (Å²) >= 11 is 0. The van der Waals surface area contributed by atoms with Gasteiger partial charge in [-0.1, -0.05) is 5.92 Å². The van der Waals surface area contributed by atoms with E-state index in [1.54, 1.807) is 0 Å². The molecule has 3 heteroatoms. The van der Waals surface area contributed by atoms with Crippen molar-refractivity contribution in [1.82, 2.24) is 4.90 Å². The van der Waals surface area contributed by atoms with Crippen LogP contribution in [0.5, 0.6) is 0 Å². The van der Waals surface area contributed by atoms with Crippen molar-refractivity contribution in [3.05, 3.63) is 0 Å². The first-order valence-electron chi connectivity index (χ1n) is 4.60. The van der Waals surface area contributed by atoms with E-state index in [4.69, 9.17) is 11.2 Å². The van der Waals surface area contributed by atoms with Crippen LogP contribution in [0.25, 0.3) is 0 Å². The van der Waals surface area contributed by atoms with Crippen molar-refractivity contribution in [1.29, 1.82) is 0 Å². The summed E-state index contributed by atoms with van der Waals surface area (Å²) in [5.74, 6) is 2.72. The van der Waals surface area contributed by atoms with Gasteiger partial charge in [0.15, 0.2) is 0 Å². The summed E-state index contributed by atoms with van der Waals surface area (Å²) in [7, 11) is 0. The molecule has 1 fully saturated rings. The van der Waals surface area contributed by atoms with Gasteiger partial charge in [0.25, 0.3) is 0 Å². The molecule has 1 aliphatic heterocycles. The minimum absolute atomic E-state index is 0.106. The van der Waals surface area contributed by atoms with Gasteiger partial charge in [0.1, 0.15) is 6.29 Å². The van der Waals surface area contributed by atoms with Gasteiger partial charge in [-0.25, -0.2) is 0 Å². The molecule has 1 atom stereocenters. The van der Waals surface area contributed by atoms with E-state index in [0.717, 1.165) is 39.0 Å². The van der Waals surface area contributed by atoms with Crippen LogP contribution in [0.1, 0.15) is 12.8 Å². The summed E-state index contributed by atoms with van der Waals surface area (Å²) in [6, 6.07) is 0.106. The summed E-state index contributed by atoms with van der Waals surface area (Å²) in [5.41, 5.74) is 0. The predicted octanol–water partition coefficient (Wildman–Crippen LogP) is 0.299. The number of nitrogens with zero attached hydrogens (tertiary/aromatic N) is 1. The van der Waals surface area contributed by atoms with Crippen molar-refractivity contribution in [2.75, 3.05) is 26.3 Å². The topological polar surface area (TPSA) is 29.5 Å². The van der Waals surface area contributed by atoms with Gasteiger partial charge < -0.3 is 9.53 Å². The highest BCUT2D eigenvalue weighted by atomic mass is 16.5. The van der Waals surface area contributed by atoms with Crippen molar-refractivity contribution in [2.24, 2.45) is 0 Å². The number of carbonyl (C=O) groups is 1. The van der Waals surface area contributed by atoms with Gasteiger partial charge in [0.05, 0.1) is 19.3 Å². The average molecular weight is 181 g/mol. The number of hydrogen-bond acceptors (Lipinski definition) is 3. The first-order chi connectivity index (χ1) is 6.38. The molecule has 1 saturated heterocycles. The number of terminal acetylenes is 1. The van der Waals surface area contributed by atoms with Crippen LogP contribution in [0.15, 0.2) is 0 Å². The fourth-order valence-electron chi connectivity index (χ4n) is 1.49. The zero-order chi connectivity index (χ0) is 9.52.